The van der Waals surface area contributed by atoms with Crippen LogP contribution in [-0.2, 0) is 6.54 Å². The third-order valence-electron chi connectivity index (χ3n) is 4.04. The van der Waals surface area contributed by atoms with Crippen molar-refractivity contribution < 1.29 is 14.7 Å². The first-order valence-corrected chi connectivity index (χ1v) is 7.27. The minimum absolute atomic E-state index is 0.0973. The molecule has 1 aromatic carbocycles. The van der Waals surface area contributed by atoms with Gasteiger partial charge in [0.15, 0.2) is 5.84 Å². The summed E-state index contributed by atoms with van der Waals surface area (Å²) in [6, 6.07) is 4.41. The van der Waals surface area contributed by atoms with Crippen LogP contribution in [0.4, 0.5) is 4.39 Å². The van der Waals surface area contributed by atoms with Gasteiger partial charge in [0, 0.05) is 18.2 Å². The summed E-state index contributed by atoms with van der Waals surface area (Å²) in [6.45, 7) is 1.55. The maximum Gasteiger partial charge on any atom is 0.170 e. The second kappa shape index (κ2) is 7.38. The minimum atomic E-state index is -0.421. The first-order valence-electron chi connectivity index (χ1n) is 7.27. The van der Waals surface area contributed by atoms with E-state index in [0.29, 0.717) is 12.1 Å². The van der Waals surface area contributed by atoms with E-state index in [2.05, 4.69) is 10.1 Å². The number of nitrogens with two attached hydrogens (primary N) is 1. The topological polar surface area (TPSA) is 82.1 Å². The minimum Gasteiger partial charge on any atom is -0.409 e. The van der Waals surface area contributed by atoms with E-state index in [0.717, 1.165) is 37.8 Å². The van der Waals surface area contributed by atoms with E-state index in [-0.39, 0.29) is 18.5 Å². The summed E-state index contributed by atoms with van der Waals surface area (Å²) in [6.07, 6.45) is 4.30. The molecule has 2 rings (SSSR count). The second-order valence-corrected chi connectivity index (χ2v) is 5.44. The predicted octanol–water partition coefficient (Wildman–Crippen LogP) is 1.66. The Hall–Kier alpha value is -1.66. The highest BCUT2D eigenvalue weighted by Crippen LogP contribution is 2.21. The fourth-order valence-electron chi connectivity index (χ4n) is 2.85. The molecule has 1 atom stereocenters. The van der Waals surface area contributed by atoms with E-state index in [1.165, 1.54) is 12.1 Å². The molecule has 116 valence electrons. The Morgan fingerprint density at radius 3 is 2.90 bits per heavy atom. The number of hydrogen-bond donors (Lipinski definition) is 3. The molecule has 0 radical (unpaired) electrons. The lowest BCUT2D eigenvalue weighted by molar-refractivity contribution is 0.118. The lowest BCUT2D eigenvalue weighted by Gasteiger charge is -2.29. The van der Waals surface area contributed by atoms with E-state index < -0.39 is 5.82 Å². The molecule has 1 aliphatic rings. The lowest BCUT2D eigenvalue weighted by atomic mass is 10.0. The van der Waals surface area contributed by atoms with Crippen molar-refractivity contribution in [3.63, 3.8) is 0 Å². The summed E-state index contributed by atoms with van der Waals surface area (Å²) in [5.74, 6) is -0.519. The van der Waals surface area contributed by atoms with Crippen LogP contribution in [0.15, 0.2) is 23.4 Å². The molecule has 1 unspecified atom stereocenters. The van der Waals surface area contributed by atoms with Crippen molar-refractivity contribution in [1.29, 1.82) is 0 Å². The van der Waals surface area contributed by atoms with Crippen LogP contribution in [0.2, 0.25) is 0 Å². The van der Waals surface area contributed by atoms with Gasteiger partial charge in [-0.05, 0) is 37.1 Å². The molecule has 21 heavy (non-hydrogen) atoms. The number of aliphatic hydroxyl groups excluding tert-OH is 1. The highest BCUT2D eigenvalue weighted by Gasteiger charge is 2.22. The molecule has 4 N–H and O–H groups in total. The molecular weight excluding hydrogens is 273 g/mol. The second-order valence-electron chi connectivity index (χ2n) is 5.44. The highest BCUT2D eigenvalue weighted by molar-refractivity contribution is 5.98. The standard InChI is InChI=1S/C15H22FN3O2/c16-12-6-5-11(14(8-12)15(17)18-21)9-19-7-3-1-2-4-13(19)10-20/h5-6,8,13,20-21H,1-4,7,9-10H2,(H2,17,18). The number of halogens is 1. The van der Waals surface area contributed by atoms with Crippen LogP contribution in [0.3, 0.4) is 0 Å². The molecule has 0 aliphatic carbocycles. The van der Waals surface area contributed by atoms with Gasteiger partial charge in [-0.1, -0.05) is 24.1 Å². The molecule has 1 heterocycles. The van der Waals surface area contributed by atoms with Crippen LogP contribution in [-0.4, -0.2) is 40.2 Å². The fraction of sp³-hybridized carbons (Fsp3) is 0.533. The molecular formula is C15H22FN3O2. The van der Waals surface area contributed by atoms with Crippen molar-refractivity contribution in [1.82, 2.24) is 4.90 Å². The van der Waals surface area contributed by atoms with Gasteiger partial charge in [-0.25, -0.2) is 4.39 Å². The quantitative estimate of drug-likeness (QED) is 0.341. The van der Waals surface area contributed by atoms with Crippen molar-refractivity contribution in [2.24, 2.45) is 10.9 Å². The lowest BCUT2D eigenvalue weighted by Crippen LogP contribution is -2.37. The van der Waals surface area contributed by atoms with Crippen molar-refractivity contribution in [3.05, 3.63) is 35.1 Å². The zero-order valence-corrected chi connectivity index (χ0v) is 12.0. The van der Waals surface area contributed by atoms with E-state index in [9.17, 15) is 9.50 Å². The summed E-state index contributed by atoms with van der Waals surface area (Å²) in [5.41, 5.74) is 6.83. The van der Waals surface area contributed by atoms with Crippen molar-refractivity contribution in [3.8, 4) is 0 Å². The van der Waals surface area contributed by atoms with Gasteiger partial charge in [-0.2, -0.15) is 0 Å². The highest BCUT2D eigenvalue weighted by atomic mass is 19.1. The third kappa shape index (κ3) is 3.92. The van der Waals surface area contributed by atoms with Crippen LogP contribution in [0.5, 0.6) is 0 Å². The van der Waals surface area contributed by atoms with Crippen LogP contribution < -0.4 is 5.73 Å². The molecule has 0 bridgehead atoms. The molecule has 1 aliphatic heterocycles. The average molecular weight is 295 g/mol. The summed E-state index contributed by atoms with van der Waals surface area (Å²) in [7, 11) is 0. The molecule has 1 fully saturated rings. The Morgan fingerprint density at radius 2 is 2.19 bits per heavy atom. The Bertz CT molecular complexity index is 508. The Labute approximate surface area is 123 Å². The Balaban J connectivity index is 2.25. The van der Waals surface area contributed by atoms with E-state index >= 15 is 0 Å². The molecule has 0 saturated carbocycles. The zero-order valence-electron chi connectivity index (χ0n) is 12.0. The Kier molecular flexibility index (Phi) is 5.52. The maximum absolute atomic E-state index is 13.4. The normalized spacial score (nSPS) is 21.2. The smallest absolute Gasteiger partial charge is 0.170 e. The molecule has 1 aromatic rings. The molecule has 0 amide bonds. The number of oxime groups is 1. The monoisotopic (exact) mass is 295 g/mol. The van der Waals surface area contributed by atoms with Gasteiger partial charge >= 0.3 is 0 Å². The Morgan fingerprint density at radius 1 is 1.38 bits per heavy atom. The molecule has 6 heteroatoms. The number of nitrogens with zero attached hydrogens (tertiary/aromatic N) is 2. The van der Waals surface area contributed by atoms with Crippen LogP contribution in [0.1, 0.15) is 36.8 Å². The first kappa shape index (κ1) is 15.7. The first-order chi connectivity index (χ1) is 10.2. The van der Waals surface area contributed by atoms with Crippen LogP contribution in [0.25, 0.3) is 0 Å². The van der Waals surface area contributed by atoms with Gasteiger partial charge in [-0.15, -0.1) is 0 Å². The van der Waals surface area contributed by atoms with Crippen molar-refractivity contribution in [2.75, 3.05) is 13.2 Å². The van der Waals surface area contributed by atoms with Gasteiger partial charge in [0.1, 0.15) is 5.82 Å². The largest absolute Gasteiger partial charge is 0.409 e. The van der Waals surface area contributed by atoms with E-state index in [1.807, 2.05) is 0 Å². The average Bonchev–Trinajstić information content (AvgIpc) is 2.73. The summed E-state index contributed by atoms with van der Waals surface area (Å²) in [5, 5.41) is 21.4. The molecule has 0 spiro atoms. The van der Waals surface area contributed by atoms with Crippen LogP contribution in [0, 0.1) is 5.82 Å². The number of likely N-dealkylation sites (tertiary alicyclic amines) is 1. The summed E-state index contributed by atoms with van der Waals surface area (Å²) >= 11 is 0. The summed E-state index contributed by atoms with van der Waals surface area (Å²) < 4.78 is 13.4. The fourth-order valence-corrected chi connectivity index (χ4v) is 2.85. The number of rotatable bonds is 4. The predicted molar refractivity (Wildman–Crippen MR) is 78.7 cm³/mol. The van der Waals surface area contributed by atoms with Gasteiger partial charge in [0.05, 0.1) is 6.61 Å². The van der Waals surface area contributed by atoms with Gasteiger partial charge in [-0.3, -0.25) is 4.90 Å². The van der Waals surface area contributed by atoms with Crippen molar-refractivity contribution >= 4 is 5.84 Å². The number of amidine groups is 1. The van der Waals surface area contributed by atoms with Gasteiger partial charge in [0.2, 0.25) is 0 Å². The summed E-state index contributed by atoms with van der Waals surface area (Å²) in [4.78, 5) is 2.19. The van der Waals surface area contributed by atoms with Crippen molar-refractivity contribution in [2.45, 2.75) is 38.3 Å². The zero-order chi connectivity index (χ0) is 15.2. The maximum atomic E-state index is 13.4. The van der Waals surface area contributed by atoms with E-state index in [4.69, 9.17) is 10.9 Å². The molecule has 1 saturated heterocycles. The molecule has 5 nitrogen and oxygen atoms in total. The number of hydrogen-bond acceptors (Lipinski definition) is 4. The SMILES string of the molecule is N/C(=N/O)c1cc(F)ccc1CN1CCCCCC1CO. The molecule has 0 aromatic heterocycles. The van der Waals surface area contributed by atoms with Gasteiger partial charge < -0.3 is 16.0 Å². The number of benzene rings is 1. The van der Waals surface area contributed by atoms with Gasteiger partial charge in [0.25, 0.3) is 0 Å². The van der Waals surface area contributed by atoms with Crippen LogP contribution >= 0.6 is 0 Å². The van der Waals surface area contributed by atoms with E-state index in [1.54, 1.807) is 6.07 Å². The third-order valence-corrected chi connectivity index (χ3v) is 4.04. The number of aliphatic hydroxyl groups is 1.